The van der Waals surface area contributed by atoms with Gasteiger partial charge in [0.25, 0.3) is 0 Å². The molecule has 1 aromatic carbocycles. The van der Waals surface area contributed by atoms with E-state index in [4.69, 9.17) is 0 Å². The van der Waals surface area contributed by atoms with E-state index in [1.807, 2.05) is 12.3 Å². The lowest BCUT2D eigenvalue weighted by molar-refractivity contribution is 0.989. The Hall–Kier alpha value is -2.35. The van der Waals surface area contributed by atoms with Crippen molar-refractivity contribution in [2.24, 2.45) is 0 Å². The van der Waals surface area contributed by atoms with Crippen LogP contribution >= 0.6 is 0 Å². The van der Waals surface area contributed by atoms with Crippen molar-refractivity contribution in [2.75, 3.05) is 0 Å². The molecule has 2 heterocycles. The van der Waals surface area contributed by atoms with Gasteiger partial charge >= 0.3 is 0 Å². The number of para-hydroxylation sites is 2. The topological polar surface area (TPSA) is 17.3 Å². The summed E-state index contributed by atoms with van der Waals surface area (Å²) in [4.78, 5) is 4.49. The zero-order valence-corrected chi connectivity index (χ0v) is 9.82. The molecule has 0 spiro atoms. The van der Waals surface area contributed by atoms with Crippen LogP contribution in [0.3, 0.4) is 0 Å². The molecule has 18 heavy (non-hydrogen) atoms. The lowest BCUT2D eigenvalue weighted by Crippen LogP contribution is -1.98. The van der Waals surface area contributed by atoms with Crippen molar-refractivity contribution in [3.63, 3.8) is 0 Å². The SMILES string of the molecule is C1=CC(c2ccc3cnc4ccccc4n23)C=C1. The summed E-state index contributed by atoms with van der Waals surface area (Å²) in [7, 11) is 0. The van der Waals surface area contributed by atoms with Crippen LogP contribution in [0, 0.1) is 0 Å². The molecule has 0 aliphatic heterocycles. The highest BCUT2D eigenvalue weighted by molar-refractivity contribution is 5.79. The highest BCUT2D eigenvalue weighted by Gasteiger charge is 2.13. The molecule has 0 N–H and O–H groups in total. The Balaban J connectivity index is 2.12. The van der Waals surface area contributed by atoms with Crippen LogP contribution in [0.5, 0.6) is 0 Å². The van der Waals surface area contributed by atoms with Gasteiger partial charge in [0.1, 0.15) is 0 Å². The molecule has 0 fully saturated rings. The Morgan fingerprint density at radius 3 is 2.67 bits per heavy atom. The summed E-state index contributed by atoms with van der Waals surface area (Å²) in [5.41, 5.74) is 4.66. The fraction of sp³-hybridized carbons (Fsp3) is 0.0625. The van der Waals surface area contributed by atoms with Gasteiger partial charge in [-0.3, -0.25) is 4.98 Å². The minimum atomic E-state index is 0.373. The highest BCUT2D eigenvalue weighted by Crippen LogP contribution is 2.27. The zero-order valence-electron chi connectivity index (χ0n) is 9.82. The van der Waals surface area contributed by atoms with Crippen LogP contribution in [0.4, 0.5) is 0 Å². The van der Waals surface area contributed by atoms with Gasteiger partial charge in [0, 0.05) is 11.6 Å². The van der Waals surface area contributed by atoms with Crippen molar-refractivity contribution in [1.29, 1.82) is 0 Å². The maximum atomic E-state index is 4.49. The smallest absolute Gasteiger partial charge is 0.0870 e. The summed E-state index contributed by atoms with van der Waals surface area (Å²) in [6.45, 7) is 0. The molecule has 0 atom stereocenters. The zero-order chi connectivity index (χ0) is 11.9. The first-order chi connectivity index (χ1) is 8.93. The fourth-order valence-corrected chi connectivity index (χ4v) is 2.64. The Labute approximate surface area is 105 Å². The van der Waals surface area contributed by atoms with Gasteiger partial charge in [-0.2, -0.15) is 0 Å². The average Bonchev–Trinajstić information content (AvgIpc) is 3.07. The molecule has 0 bridgehead atoms. The van der Waals surface area contributed by atoms with Crippen LogP contribution in [0.1, 0.15) is 11.6 Å². The molecule has 0 unspecified atom stereocenters. The summed E-state index contributed by atoms with van der Waals surface area (Å²) in [6.07, 6.45) is 10.6. The van der Waals surface area contributed by atoms with E-state index in [1.54, 1.807) is 0 Å². The van der Waals surface area contributed by atoms with Gasteiger partial charge in [0.05, 0.1) is 22.7 Å². The summed E-state index contributed by atoms with van der Waals surface area (Å²) in [6, 6.07) is 12.6. The number of aromatic nitrogens is 2. The maximum Gasteiger partial charge on any atom is 0.0870 e. The standard InChI is InChI=1S/C16H12N2/c1-2-6-12(5-1)15-10-9-13-11-17-14-7-3-4-8-16(14)18(13)15/h1-12H. The van der Waals surface area contributed by atoms with Crippen LogP contribution in [0.15, 0.2) is 66.9 Å². The molecule has 0 amide bonds. The Kier molecular flexibility index (Phi) is 1.92. The molecular formula is C16H12N2. The van der Waals surface area contributed by atoms with Crippen LogP contribution in [0.25, 0.3) is 16.6 Å². The first kappa shape index (κ1) is 9.66. The third-order valence-corrected chi connectivity index (χ3v) is 3.49. The summed E-state index contributed by atoms with van der Waals surface area (Å²) < 4.78 is 2.30. The largest absolute Gasteiger partial charge is 0.310 e. The molecule has 2 nitrogen and oxygen atoms in total. The van der Waals surface area contributed by atoms with Gasteiger partial charge in [-0.15, -0.1) is 0 Å². The van der Waals surface area contributed by atoms with Crippen LogP contribution in [-0.4, -0.2) is 9.38 Å². The van der Waals surface area contributed by atoms with Crippen molar-refractivity contribution < 1.29 is 0 Å². The monoisotopic (exact) mass is 232 g/mol. The second-order valence-electron chi connectivity index (χ2n) is 4.56. The Morgan fingerprint density at radius 1 is 0.944 bits per heavy atom. The predicted molar refractivity (Wildman–Crippen MR) is 73.7 cm³/mol. The molecule has 2 aromatic heterocycles. The van der Waals surface area contributed by atoms with Crippen LogP contribution in [-0.2, 0) is 0 Å². The first-order valence-electron chi connectivity index (χ1n) is 6.13. The lowest BCUT2D eigenvalue weighted by Gasteiger charge is -2.09. The minimum Gasteiger partial charge on any atom is -0.310 e. The summed E-state index contributed by atoms with van der Waals surface area (Å²) in [5, 5.41) is 0. The number of nitrogens with zero attached hydrogens (tertiary/aromatic N) is 2. The van der Waals surface area contributed by atoms with Gasteiger partial charge < -0.3 is 4.40 Å². The molecule has 1 aliphatic carbocycles. The highest BCUT2D eigenvalue weighted by atomic mass is 14.9. The van der Waals surface area contributed by atoms with Crippen molar-refractivity contribution in [1.82, 2.24) is 9.38 Å². The second-order valence-corrected chi connectivity index (χ2v) is 4.56. The van der Waals surface area contributed by atoms with Crippen LogP contribution < -0.4 is 0 Å². The van der Waals surface area contributed by atoms with E-state index < -0.39 is 0 Å². The van der Waals surface area contributed by atoms with Gasteiger partial charge in [-0.05, 0) is 24.3 Å². The van der Waals surface area contributed by atoms with Gasteiger partial charge in [0.2, 0.25) is 0 Å². The number of hydrogen-bond acceptors (Lipinski definition) is 1. The third kappa shape index (κ3) is 1.26. The predicted octanol–water partition coefficient (Wildman–Crippen LogP) is 3.70. The Morgan fingerprint density at radius 2 is 1.78 bits per heavy atom. The van der Waals surface area contributed by atoms with Crippen molar-refractivity contribution in [3.8, 4) is 0 Å². The van der Waals surface area contributed by atoms with Gasteiger partial charge in [-0.1, -0.05) is 36.4 Å². The molecule has 0 saturated carbocycles. The molecule has 86 valence electrons. The maximum absolute atomic E-state index is 4.49. The third-order valence-electron chi connectivity index (χ3n) is 3.49. The molecular weight excluding hydrogens is 220 g/mol. The lowest BCUT2D eigenvalue weighted by atomic mass is 10.1. The minimum absolute atomic E-state index is 0.373. The van der Waals surface area contributed by atoms with Crippen molar-refractivity contribution in [3.05, 3.63) is 72.6 Å². The summed E-state index contributed by atoms with van der Waals surface area (Å²) in [5.74, 6) is 0.373. The molecule has 3 aromatic rings. The normalized spacial score (nSPS) is 15.1. The summed E-state index contributed by atoms with van der Waals surface area (Å²) >= 11 is 0. The van der Waals surface area contributed by atoms with E-state index in [9.17, 15) is 0 Å². The van der Waals surface area contributed by atoms with Crippen LogP contribution in [0.2, 0.25) is 0 Å². The average molecular weight is 232 g/mol. The molecule has 0 radical (unpaired) electrons. The van der Waals surface area contributed by atoms with Gasteiger partial charge in [-0.25, -0.2) is 0 Å². The molecule has 1 aliphatic rings. The molecule has 2 heteroatoms. The van der Waals surface area contributed by atoms with E-state index in [0.717, 1.165) is 11.0 Å². The van der Waals surface area contributed by atoms with Gasteiger partial charge in [0.15, 0.2) is 0 Å². The van der Waals surface area contributed by atoms with Crippen molar-refractivity contribution >= 4 is 16.6 Å². The second kappa shape index (κ2) is 3.57. The van der Waals surface area contributed by atoms with E-state index >= 15 is 0 Å². The number of allylic oxidation sites excluding steroid dienone is 4. The Bertz CT molecular complexity index is 781. The van der Waals surface area contributed by atoms with E-state index in [2.05, 4.69) is 64.0 Å². The number of hydrogen-bond donors (Lipinski definition) is 0. The van der Waals surface area contributed by atoms with E-state index in [-0.39, 0.29) is 0 Å². The molecule has 4 rings (SSSR count). The number of benzene rings is 1. The number of rotatable bonds is 1. The van der Waals surface area contributed by atoms with E-state index in [0.29, 0.717) is 5.92 Å². The quantitative estimate of drug-likeness (QED) is 0.625. The van der Waals surface area contributed by atoms with Crippen molar-refractivity contribution in [2.45, 2.75) is 5.92 Å². The fourth-order valence-electron chi connectivity index (χ4n) is 2.64. The number of fused-ring (bicyclic) bond motifs is 3. The molecule has 0 saturated heterocycles. The van der Waals surface area contributed by atoms with E-state index in [1.165, 1.54) is 11.2 Å². The first-order valence-corrected chi connectivity index (χ1v) is 6.13.